The summed E-state index contributed by atoms with van der Waals surface area (Å²) in [7, 11) is 6.40. The lowest BCUT2D eigenvalue weighted by atomic mass is 10.1. The Morgan fingerprint density at radius 1 is 1.29 bits per heavy atom. The van der Waals surface area contributed by atoms with Crippen molar-refractivity contribution in [1.29, 1.82) is 0 Å². The zero-order valence-corrected chi connectivity index (χ0v) is 10.1. The van der Waals surface area contributed by atoms with Gasteiger partial charge in [-0.15, -0.1) is 0 Å². The summed E-state index contributed by atoms with van der Waals surface area (Å²) in [6.07, 6.45) is 2.45. The van der Waals surface area contributed by atoms with E-state index in [9.17, 15) is 0 Å². The molecule has 80 valence electrons. The summed E-state index contributed by atoms with van der Waals surface area (Å²) in [6.45, 7) is 5.55. The molecule has 0 aliphatic heterocycles. The zero-order valence-electron chi connectivity index (χ0n) is 10.1. The van der Waals surface area contributed by atoms with Gasteiger partial charge in [0.15, 0.2) is 0 Å². The summed E-state index contributed by atoms with van der Waals surface area (Å²) in [5.74, 6) is 0. The Hall–Kier alpha value is -0.760. The molecule has 0 bridgehead atoms. The SMILES string of the molecule is Cc1cc(CCCN(C)C)c(C)n1C. The molecule has 0 aliphatic carbocycles. The van der Waals surface area contributed by atoms with Crippen LogP contribution in [0.25, 0.3) is 0 Å². The van der Waals surface area contributed by atoms with Crippen LogP contribution in [-0.2, 0) is 13.5 Å². The molecule has 1 rings (SSSR count). The second-order valence-corrected chi connectivity index (χ2v) is 4.36. The molecule has 1 aromatic rings. The molecule has 0 saturated carbocycles. The van der Waals surface area contributed by atoms with E-state index in [2.05, 4.69) is 50.5 Å². The summed E-state index contributed by atoms with van der Waals surface area (Å²) < 4.78 is 2.27. The fourth-order valence-corrected chi connectivity index (χ4v) is 1.77. The topological polar surface area (TPSA) is 8.17 Å². The number of nitrogens with zero attached hydrogens (tertiary/aromatic N) is 2. The average Bonchev–Trinajstić information content (AvgIpc) is 2.33. The van der Waals surface area contributed by atoms with E-state index >= 15 is 0 Å². The molecule has 14 heavy (non-hydrogen) atoms. The van der Waals surface area contributed by atoms with Crippen LogP contribution in [0.3, 0.4) is 0 Å². The van der Waals surface area contributed by atoms with E-state index in [1.165, 1.54) is 36.3 Å². The van der Waals surface area contributed by atoms with Crippen molar-refractivity contribution in [2.75, 3.05) is 20.6 Å². The fourth-order valence-electron chi connectivity index (χ4n) is 1.77. The summed E-state index contributed by atoms with van der Waals surface area (Å²) in [4.78, 5) is 2.24. The highest BCUT2D eigenvalue weighted by molar-refractivity contribution is 5.26. The molecule has 0 atom stereocenters. The van der Waals surface area contributed by atoms with Gasteiger partial charge in [0.25, 0.3) is 0 Å². The van der Waals surface area contributed by atoms with Crippen LogP contribution in [-0.4, -0.2) is 30.1 Å². The number of aryl methyl sites for hydroxylation is 2. The van der Waals surface area contributed by atoms with E-state index in [-0.39, 0.29) is 0 Å². The van der Waals surface area contributed by atoms with Crippen LogP contribution in [0.2, 0.25) is 0 Å². The fraction of sp³-hybridized carbons (Fsp3) is 0.667. The molecule has 0 aromatic carbocycles. The maximum Gasteiger partial charge on any atom is 0.0175 e. The van der Waals surface area contributed by atoms with Crippen molar-refractivity contribution in [1.82, 2.24) is 9.47 Å². The van der Waals surface area contributed by atoms with Crippen molar-refractivity contribution in [2.45, 2.75) is 26.7 Å². The van der Waals surface area contributed by atoms with Crippen LogP contribution in [0.15, 0.2) is 6.07 Å². The first-order valence-electron chi connectivity index (χ1n) is 5.29. The minimum atomic E-state index is 1.17. The maximum absolute atomic E-state index is 2.31. The third-order valence-electron chi connectivity index (χ3n) is 2.93. The standard InChI is InChI=1S/C12H22N2/c1-10-9-12(11(2)14(10)5)7-6-8-13(3)4/h9H,6-8H2,1-5H3. The first-order chi connectivity index (χ1) is 6.52. The molecular formula is C12H22N2. The molecule has 0 radical (unpaired) electrons. The smallest absolute Gasteiger partial charge is 0.0175 e. The average molecular weight is 194 g/mol. The van der Waals surface area contributed by atoms with Crippen LogP contribution >= 0.6 is 0 Å². The van der Waals surface area contributed by atoms with Crippen molar-refractivity contribution in [2.24, 2.45) is 7.05 Å². The largest absolute Gasteiger partial charge is 0.352 e. The maximum atomic E-state index is 2.31. The van der Waals surface area contributed by atoms with Gasteiger partial charge in [-0.25, -0.2) is 0 Å². The van der Waals surface area contributed by atoms with E-state index in [1.807, 2.05) is 0 Å². The van der Waals surface area contributed by atoms with Gasteiger partial charge in [0.05, 0.1) is 0 Å². The van der Waals surface area contributed by atoms with E-state index in [0.717, 1.165) is 0 Å². The Bertz CT molecular complexity index is 298. The predicted octanol–water partition coefficient (Wildman–Crippen LogP) is 2.14. The van der Waals surface area contributed by atoms with E-state index in [0.29, 0.717) is 0 Å². The van der Waals surface area contributed by atoms with Crippen molar-refractivity contribution in [3.63, 3.8) is 0 Å². The van der Waals surface area contributed by atoms with Crippen molar-refractivity contribution < 1.29 is 0 Å². The lowest BCUT2D eigenvalue weighted by Gasteiger charge is -2.08. The lowest BCUT2D eigenvalue weighted by molar-refractivity contribution is 0.400. The molecular weight excluding hydrogens is 172 g/mol. The van der Waals surface area contributed by atoms with Gasteiger partial charge >= 0.3 is 0 Å². The van der Waals surface area contributed by atoms with E-state index in [1.54, 1.807) is 0 Å². The molecule has 0 unspecified atom stereocenters. The van der Waals surface area contributed by atoms with Crippen LogP contribution in [0.1, 0.15) is 23.4 Å². The third kappa shape index (κ3) is 2.61. The summed E-state index contributed by atoms with van der Waals surface area (Å²) >= 11 is 0. The monoisotopic (exact) mass is 194 g/mol. The number of aromatic nitrogens is 1. The zero-order chi connectivity index (χ0) is 10.7. The Labute approximate surface area is 87.5 Å². The van der Waals surface area contributed by atoms with Gasteiger partial charge in [-0.05, 0) is 59.0 Å². The molecule has 1 heterocycles. The Kier molecular flexibility index (Phi) is 3.76. The minimum absolute atomic E-state index is 1.17. The molecule has 0 N–H and O–H groups in total. The van der Waals surface area contributed by atoms with Crippen molar-refractivity contribution in [3.8, 4) is 0 Å². The summed E-state index contributed by atoms with van der Waals surface area (Å²) in [5.41, 5.74) is 4.29. The highest BCUT2D eigenvalue weighted by atomic mass is 15.0. The van der Waals surface area contributed by atoms with E-state index in [4.69, 9.17) is 0 Å². The number of hydrogen-bond donors (Lipinski definition) is 0. The van der Waals surface area contributed by atoms with Crippen molar-refractivity contribution in [3.05, 3.63) is 23.0 Å². The molecule has 0 amide bonds. The highest BCUT2D eigenvalue weighted by Crippen LogP contribution is 2.14. The molecule has 2 nitrogen and oxygen atoms in total. The van der Waals surface area contributed by atoms with Crippen LogP contribution in [0.5, 0.6) is 0 Å². The van der Waals surface area contributed by atoms with Gasteiger partial charge in [-0.3, -0.25) is 0 Å². The summed E-state index contributed by atoms with van der Waals surface area (Å²) in [5, 5.41) is 0. The third-order valence-corrected chi connectivity index (χ3v) is 2.93. The van der Waals surface area contributed by atoms with E-state index < -0.39 is 0 Å². The second kappa shape index (κ2) is 4.65. The first-order valence-corrected chi connectivity index (χ1v) is 5.29. The predicted molar refractivity (Wildman–Crippen MR) is 61.8 cm³/mol. The molecule has 0 spiro atoms. The number of rotatable bonds is 4. The molecule has 1 aromatic heterocycles. The minimum Gasteiger partial charge on any atom is -0.352 e. The highest BCUT2D eigenvalue weighted by Gasteiger charge is 2.05. The van der Waals surface area contributed by atoms with Crippen LogP contribution in [0, 0.1) is 13.8 Å². The van der Waals surface area contributed by atoms with Crippen molar-refractivity contribution >= 4 is 0 Å². The van der Waals surface area contributed by atoms with Gasteiger partial charge < -0.3 is 9.47 Å². The van der Waals surface area contributed by atoms with Gasteiger partial charge in [-0.2, -0.15) is 0 Å². The van der Waals surface area contributed by atoms with Crippen LogP contribution in [0.4, 0.5) is 0 Å². The Morgan fingerprint density at radius 2 is 1.93 bits per heavy atom. The Balaban J connectivity index is 2.55. The first kappa shape index (κ1) is 11.3. The van der Waals surface area contributed by atoms with Gasteiger partial charge in [-0.1, -0.05) is 0 Å². The van der Waals surface area contributed by atoms with Gasteiger partial charge in [0, 0.05) is 18.4 Å². The number of hydrogen-bond acceptors (Lipinski definition) is 1. The van der Waals surface area contributed by atoms with Gasteiger partial charge in [0.1, 0.15) is 0 Å². The van der Waals surface area contributed by atoms with Gasteiger partial charge in [0.2, 0.25) is 0 Å². The normalized spacial score (nSPS) is 11.3. The molecule has 2 heteroatoms. The Morgan fingerprint density at radius 3 is 2.36 bits per heavy atom. The summed E-state index contributed by atoms with van der Waals surface area (Å²) in [6, 6.07) is 2.31. The second-order valence-electron chi connectivity index (χ2n) is 4.36. The quantitative estimate of drug-likeness (QED) is 0.713. The lowest BCUT2D eigenvalue weighted by Crippen LogP contribution is -2.13. The van der Waals surface area contributed by atoms with Crippen LogP contribution < -0.4 is 0 Å². The molecule has 0 aliphatic rings. The molecule has 0 saturated heterocycles. The molecule has 0 fully saturated rings.